The number of hydrogen-bond donors (Lipinski definition) is 2. The molecular formula is C29H33N5O6. The number of aromatic nitrogens is 3. The Hall–Kier alpha value is -4.53. The largest absolute Gasteiger partial charge is 0.487 e. The number of carbonyl (C=O) groups excluding carboxylic acids is 1. The van der Waals surface area contributed by atoms with Gasteiger partial charge in [-0.05, 0) is 30.2 Å². The summed E-state index contributed by atoms with van der Waals surface area (Å²) >= 11 is 0. The van der Waals surface area contributed by atoms with Gasteiger partial charge in [0.25, 0.3) is 0 Å². The van der Waals surface area contributed by atoms with Crippen molar-refractivity contribution in [1.82, 2.24) is 14.5 Å². The number of methoxy groups -OCH3 is 2. The summed E-state index contributed by atoms with van der Waals surface area (Å²) < 4.78 is 28.9. The van der Waals surface area contributed by atoms with Gasteiger partial charge in [-0.3, -0.25) is 5.32 Å². The molecule has 0 fully saturated rings. The molecular weight excluding hydrogens is 514 g/mol. The Balaban J connectivity index is 1.41. The van der Waals surface area contributed by atoms with Crippen molar-refractivity contribution in [2.24, 2.45) is 0 Å². The lowest BCUT2D eigenvalue weighted by molar-refractivity contribution is 0.132. The van der Waals surface area contributed by atoms with Crippen LogP contribution in [0.3, 0.4) is 0 Å². The Kier molecular flexibility index (Phi) is 9.27. The number of benzene rings is 1. The molecule has 0 atom stereocenters. The van der Waals surface area contributed by atoms with Crippen LogP contribution in [-0.2, 0) is 14.9 Å². The summed E-state index contributed by atoms with van der Waals surface area (Å²) in [6, 6.07) is 10.3. The molecule has 4 aromatic rings. The number of rotatable bonds is 10. The van der Waals surface area contributed by atoms with Gasteiger partial charge < -0.3 is 33.2 Å². The van der Waals surface area contributed by atoms with Gasteiger partial charge in [-0.15, -0.1) is 0 Å². The highest BCUT2D eigenvalue weighted by Gasteiger charge is 2.20. The number of pyridine rings is 1. The van der Waals surface area contributed by atoms with Crippen LogP contribution in [0.5, 0.6) is 11.5 Å². The zero-order valence-electron chi connectivity index (χ0n) is 23.2. The predicted molar refractivity (Wildman–Crippen MR) is 150 cm³/mol. The van der Waals surface area contributed by atoms with Crippen LogP contribution in [0.15, 0.2) is 53.3 Å². The fraction of sp³-hybridized carbons (Fsp3) is 0.345. The van der Waals surface area contributed by atoms with Crippen molar-refractivity contribution < 1.29 is 28.3 Å². The Bertz CT molecular complexity index is 1440. The number of carbonyl (C=O) groups is 1. The number of anilines is 2. The van der Waals surface area contributed by atoms with E-state index >= 15 is 0 Å². The fourth-order valence-corrected chi connectivity index (χ4v) is 3.49. The molecule has 0 radical (unpaired) electrons. The Labute approximate surface area is 232 Å². The summed E-state index contributed by atoms with van der Waals surface area (Å²) in [5, 5.41) is 9.33. The summed E-state index contributed by atoms with van der Waals surface area (Å²) in [6.45, 7) is 7.68. The van der Waals surface area contributed by atoms with Crippen molar-refractivity contribution in [3.63, 3.8) is 0 Å². The molecule has 2 N–H and O–H groups in total. The van der Waals surface area contributed by atoms with E-state index in [-0.39, 0.29) is 5.41 Å². The van der Waals surface area contributed by atoms with Gasteiger partial charge in [-0.1, -0.05) is 31.8 Å². The molecule has 0 saturated carbocycles. The predicted octanol–water partition coefficient (Wildman–Crippen LogP) is 4.71. The normalized spacial score (nSPS) is 11.1. The first-order chi connectivity index (χ1) is 19.2. The van der Waals surface area contributed by atoms with Gasteiger partial charge in [0, 0.05) is 49.2 Å². The second-order valence-corrected chi connectivity index (χ2v) is 9.81. The maximum absolute atomic E-state index is 12.3. The van der Waals surface area contributed by atoms with E-state index in [1.165, 1.54) is 0 Å². The number of urea groups is 1. The van der Waals surface area contributed by atoms with Crippen molar-refractivity contribution >= 4 is 23.2 Å². The van der Waals surface area contributed by atoms with E-state index in [9.17, 15) is 4.79 Å². The lowest BCUT2D eigenvalue weighted by atomic mass is 9.93. The minimum atomic E-state index is -0.423. The van der Waals surface area contributed by atoms with Crippen LogP contribution in [0.2, 0.25) is 0 Å². The number of nitrogens with zero attached hydrogens (tertiary/aromatic N) is 3. The van der Waals surface area contributed by atoms with Gasteiger partial charge >= 0.3 is 6.03 Å². The molecule has 11 heteroatoms. The first kappa shape index (κ1) is 28.5. The molecule has 210 valence electrons. The average molecular weight is 548 g/mol. The number of nitrogens with one attached hydrogen (secondary N) is 2. The maximum atomic E-state index is 12.3. The first-order valence-electron chi connectivity index (χ1n) is 12.7. The van der Waals surface area contributed by atoms with Crippen LogP contribution >= 0.6 is 0 Å². The average Bonchev–Trinajstić information content (AvgIpc) is 3.55. The third-order valence-corrected chi connectivity index (χ3v) is 5.58. The standard InChI is InChI=1S/C29H33N5O6/c1-29(2,3)25-17-26(33-40-25)32-28(35)31-21-9-6-20(7-10-21)8-11-22-18-34-19-24(39-15-13-37-5)23(16-27(34)30-22)38-14-12-36-4/h6-7,9-10,16-19H,12-15H2,1-5H3,(H2,31,32,33,35). The number of imidazole rings is 1. The molecule has 0 saturated heterocycles. The molecule has 40 heavy (non-hydrogen) atoms. The molecule has 0 aliphatic heterocycles. The molecule has 3 aromatic heterocycles. The van der Waals surface area contributed by atoms with E-state index < -0.39 is 6.03 Å². The lowest BCUT2D eigenvalue weighted by Crippen LogP contribution is -2.19. The van der Waals surface area contributed by atoms with E-state index in [0.717, 1.165) is 5.56 Å². The molecule has 0 aliphatic carbocycles. The highest BCUT2D eigenvalue weighted by Crippen LogP contribution is 2.29. The van der Waals surface area contributed by atoms with E-state index in [2.05, 4.69) is 32.6 Å². The van der Waals surface area contributed by atoms with Gasteiger partial charge in [0.05, 0.1) is 19.4 Å². The summed E-state index contributed by atoms with van der Waals surface area (Å²) in [5.74, 6) is 8.35. The third kappa shape index (κ3) is 7.75. The van der Waals surface area contributed by atoms with E-state index in [1.54, 1.807) is 44.7 Å². The van der Waals surface area contributed by atoms with Crippen LogP contribution in [-0.4, -0.2) is 61.2 Å². The molecule has 0 unspecified atom stereocenters. The molecule has 2 amide bonds. The second-order valence-electron chi connectivity index (χ2n) is 9.81. The second kappa shape index (κ2) is 13.0. The Morgan fingerprint density at radius 1 is 0.925 bits per heavy atom. The van der Waals surface area contributed by atoms with E-state index in [1.807, 2.05) is 43.5 Å². The fourth-order valence-electron chi connectivity index (χ4n) is 3.49. The quantitative estimate of drug-likeness (QED) is 0.216. The summed E-state index contributed by atoms with van der Waals surface area (Å²) in [7, 11) is 3.23. The molecule has 1 aromatic carbocycles. The first-order valence-corrected chi connectivity index (χ1v) is 12.7. The monoisotopic (exact) mass is 547 g/mol. The lowest BCUT2D eigenvalue weighted by Gasteiger charge is -2.13. The van der Waals surface area contributed by atoms with Gasteiger partial charge in [0.1, 0.15) is 30.3 Å². The summed E-state index contributed by atoms with van der Waals surface area (Å²) in [5.41, 5.74) is 2.43. The molecule has 4 rings (SSSR count). The van der Waals surface area contributed by atoms with E-state index in [4.69, 9.17) is 23.5 Å². The molecule has 0 spiro atoms. The SMILES string of the molecule is COCCOc1cc2nc(C#Cc3ccc(NC(=O)Nc4cc(C(C)(C)C)on4)cc3)cn2cc1OCCOC. The zero-order chi connectivity index (χ0) is 28.5. The molecule has 0 aliphatic rings. The topological polar surface area (TPSA) is 121 Å². The molecule has 11 nitrogen and oxygen atoms in total. The maximum Gasteiger partial charge on any atom is 0.324 e. The van der Waals surface area contributed by atoms with Gasteiger partial charge in [-0.25, -0.2) is 9.78 Å². The highest BCUT2D eigenvalue weighted by molar-refractivity contribution is 5.99. The van der Waals surface area contributed by atoms with Crippen LogP contribution in [0.4, 0.5) is 16.3 Å². The molecule has 3 heterocycles. The number of amides is 2. The highest BCUT2D eigenvalue weighted by atomic mass is 16.5. The van der Waals surface area contributed by atoms with Crippen molar-refractivity contribution in [1.29, 1.82) is 0 Å². The third-order valence-electron chi connectivity index (χ3n) is 5.58. The van der Waals surface area contributed by atoms with Gasteiger partial charge in [-0.2, -0.15) is 0 Å². The van der Waals surface area contributed by atoms with Crippen molar-refractivity contribution in [3.05, 3.63) is 65.8 Å². The number of fused-ring (bicyclic) bond motifs is 1. The smallest absolute Gasteiger partial charge is 0.324 e. The van der Waals surface area contributed by atoms with Crippen molar-refractivity contribution in [2.75, 3.05) is 51.3 Å². The van der Waals surface area contributed by atoms with Crippen LogP contribution in [0, 0.1) is 11.8 Å². The van der Waals surface area contributed by atoms with Crippen molar-refractivity contribution in [2.45, 2.75) is 26.2 Å². The zero-order valence-corrected chi connectivity index (χ0v) is 23.2. The summed E-state index contributed by atoms with van der Waals surface area (Å²) in [6.07, 6.45) is 3.62. The van der Waals surface area contributed by atoms with Gasteiger partial charge in [0.15, 0.2) is 17.3 Å². The van der Waals surface area contributed by atoms with Crippen molar-refractivity contribution in [3.8, 4) is 23.3 Å². The van der Waals surface area contributed by atoms with Crippen LogP contribution < -0.4 is 20.1 Å². The summed E-state index contributed by atoms with van der Waals surface area (Å²) in [4.78, 5) is 16.9. The van der Waals surface area contributed by atoms with Crippen LogP contribution in [0.1, 0.15) is 37.8 Å². The van der Waals surface area contributed by atoms with E-state index in [0.29, 0.717) is 66.5 Å². The van der Waals surface area contributed by atoms with Gasteiger partial charge in [0.2, 0.25) is 0 Å². The molecule has 0 bridgehead atoms. The Morgan fingerprint density at radius 3 is 2.27 bits per heavy atom. The minimum absolute atomic E-state index is 0.202. The minimum Gasteiger partial charge on any atom is -0.487 e. The van der Waals surface area contributed by atoms with Crippen LogP contribution in [0.25, 0.3) is 5.65 Å². The number of hydrogen-bond acceptors (Lipinski definition) is 8. The number of ether oxygens (including phenoxy) is 4. The Morgan fingerprint density at radius 2 is 1.62 bits per heavy atom.